The number of halogens is 4. The Balaban J connectivity index is 1.81. The van der Waals surface area contributed by atoms with Gasteiger partial charge in [-0.05, 0) is 55.0 Å². The van der Waals surface area contributed by atoms with Crippen molar-refractivity contribution < 1.29 is 31.1 Å². The molecular formula is C23H17ClF3N3O4S. The van der Waals surface area contributed by atoms with Crippen molar-refractivity contribution in [1.82, 2.24) is 9.97 Å². The number of nitrogens with one attached hydrogen (secondary N) is 2. The van der Waals surface area contributed by atoms with Gasteiger partial charge in [-0.25, -0.2) is 8.42 Å². The monoisotopic (exact) mass is 523 g/mol. The normalized spacial score (nSPS) is 12.1. The molecule has 0 amide bonds. The van der Waals surface area contributed by atoms with Crippen molar-refractivity contribution in [3.63, 3.8) is 0 Å². The smallest absolute Gasteiger partial charge is 0.417 e. The van der Waals surface area contributed by atoms with Gasteiger partial charge in [-0.2, -0.15) is 13.2 Å². The first-order chi connectivity index (χ1) is 16.4. The Morgan fingerprint density at radius 1 is 1.14 bits per heavy atom. The minimum Gasteiger partial charge on any atom is -0.496 e. The molecule has 0 aliphatic heterocycles. The summed E-state index contributed by atoms with van der Waals surface area (Å²) >= 11 is 5.61. The zero-order chi connectivity index (χ0) is 25.5. The predicted octanol–water partition coefficient (Wildman–Crippen LogP) is 5.58. The maximum absolute atomic E-state index is 13.6. The highest BCUT2D eigenvalue weighted by atomic mass is 35.5. The number of aromatic nitrogens is 2. The molecule has 0 atom stereocenters. The number of fused-ring (bicyclic) bond motifs is 1. The summed E-state index contributed by atoms with van der Waals surface area (Å²) in [5.41, 5.74) is -0.454. The number of sulfonamides is 1. The number of methoxy groups -OCH3 is 1. The molecule has 182 valence electrons. The van der Waals surface area contributed by atoms with Gasteiger partial charge in [0.15, 0.2) is 0 Å². The van der Waals surface area contributed by atoms with Crippen molar-refractivity contribution in [3.8, 4) is 5.75 Å². The van der Waals surface area contributed by atoms with Crippen molar-refractivity contribution in [2.45, 2.75) is 18.0 Å². The molecule has 0 radical (unpaired) electrons. The second kappa shape index (κ2) is 8.90. The van der Waals surface area contributed by atoms with Crippen LogP contribution in [0.5, 0.6) is 5.75 Å². The molecule has 0 saturated carbocycles. The fourth-order valence-corrected chi connectivity index (χ4v) is 4.86. The third-order valence-electron chi connectivity index (χ3n) is 5.18. The van der Waals surface area contributed by atoms with Crippen LogP contribution in [0.25, 0.3) is 10.9 Å². The molecule has 2 aromatic heterocycles. The number of alkyl halides is 3. The van der Waals surface area contributed by atoms with E-state index < -0.39 is 37.5 Å². The molecule has 0 saturated heterocycles. The van der Waals surface area contributed by atoms with Gasteiger partial charge in [0.2, 0.25) is 5.78 Å². The number of hydrogen-bond donors (Lipinski definition) is 2. The number of carbonyl (C=O) groups excluding carboxylic acids is 1. The molecule has 35 heavy (non-hydrogen) atoms. The predicted molar refractivity (Wildman–Crippen MR) is 125 cm³/mol. The molecule has 2 aromatic carbocycles. The quantitative estimate of drug-likeness (QED) is 0.321. The average molecular weight is 524 g/mol. The molecule has 7 nitrogen and oxygen atoms in total. The van der Waals surface area contributed by atoms with Crippen LogP contribution in [0.2, 0.25) is 5.02 Å². The standard InChI is InChI=1S/C23H17ClF3N3O4S/c1-12-9-18(30-35(32,33)13-3-4-16(24)15(10-13)23(25,26)27)21(29-11-12)22(31)20-14-7-8-28-17(14)5-6-19(20)34-2/h3-11,28,30H,1-2H3. The molecule has 0 fully saturated rings. The van der Waals surface area contributed by atoms with Gasteiger partial charge in [0.05, 0.1) is 33.8 Å². The van der Waals surface area contributed by atoms with Crippen LogP contribution in [0.3, 0.4) is 0 Å². The van der Waals surface area contributed by atoms with Crippen LogP contribution in [0.4, 0.5) is 18.9 Å². The average Bonchev–Trinajstić information content (AvgIpc) is 3.26. The topological polar surface area (TPSA) is 101 Å². The highest BCUT2D eigenvalue weighted by Crippen LogP contribution is 2.37. The van der Waals surface area contributed by atoms with E-state index in [-0.39, 0.29) is 22.7 Å². The Morgan fingerprint density at radius 2 is 1.89 bits per heavy atom. The molecule has 2 N–H and O–H groups in total. The van der Waals surface area contributed by atoms with E-state index >= 15 is 0 Å². The summed E-state index contributed by atoms with van der Waals surface area (Å²) < 4.78 is 73.3. The number of benzene rings is 2. The highest BCUT2D eigenvalue weighted by molar-refractivity contribution is 7.92. The van der Waals surface area contributed by atoms with Gasteiger partial charge in [0.25, 0.3) is 10.0 Å². The molecule has 4 aromatic rings. The summed E-state index contributed by atoms with van der Waals surface area (Å²) in [5, 5.41) is -0.116. The number of carbonyl (C=O) groups is 1. The van der Waals surface area contributed by atoms with Crippen molar-refractivity contribution in [3.05, 3.63) is 82.3 Å². The van der Waals surface area contributed by atoms with Gasteiger partial charge in [-0.15, -0.1) is 0 Å². The maximum atomic E-state index is 13.6. The van der Waals surface area contributed by atoms with E-state index in [1.807, 2.05) is 0 Å². The minimum absolute atomic E-state index is 0.147. The lowest BCUT2D eigenvalue weighted by Gasteiger charge is -2.15. The fraction of sp³-hybridized carbons (Fsp3) is 0.130. The number of anilines is 1. The minimum atomic E-state index is -4.86. The zero-order valence-electron chi connectivity index (χ0n) is 18.2. The van der Waals surface area contributed by atoms with Crippen molar-refractivity contribution in [2.24, 2.45) is 0 Å². The Bertz CT molecular complexity index is 1570. The molecule has 0 aliphatic rings. The second-order valence-electron chi connectivity index (χ2n) is 7.56. The Morgan fingerprint density at radius 3 is 2.57 bits per heavy atom. The van der Waals surface area contributed by atoms with Crippen LogP contribution in [0, 0.1) is 6.92 Å². The SMILES string of the molecule is COc1ccc2[nH]ccc2c1C(=O)c1ncc(C)cc1NS(=O)(=O)c1ccc(Cl)c(C(F)(F)F)c1. The highest BCUT2D eigenvalue weighted by Gasteiger charge is 2.35. The summed E-state index contributed by atoms with van der Waals surface area (Å²) in [4.78, 5) is 20.0. The van der Waals surface area contributed by atoms with E-state index in [1.165, 1.54) is 19.4 Å². The lowest BCUT2D eigenvalue weighted by molar-refractivity contribution is -0.137. The molecular weight excluding hydrogens is 507 g/mol. The number of ether oxygens (including phenoxy) is 1. The van der Waals surface area contributed by atoms with E-state index in [4.69, 9.17) is 16.3 Å². The number of aromatic amines is 1. The summed E-state index contributed by atoms with van der Waals surface area (Å²) in [7, 11) is -3.17. The maximum Gasteiger partial charge on any atom is 0.417 e. The molecule has 12 heteroatoms. The zero-order valence-corrected chi connectivity index (χ0v) is 19.8. The Kier molecular flexibility index (Phi) is 6.24. The van der Waals surface area contributed by atoms with Gasteiger partial charge in [-0.3, -0.25) is 14.5 Å². The Hall–Kier alpha value is -3.57. The van der Waals surface area contributed by atoms with Crippen LogP contribution in [0.15, 0.2) is 59.8 Å². The molecule has 0 unspecified atom stereocenters. The number of H-pyrrole nitrogens is 1. The summed E-state index contributed by atoms with van der Waals surface area (Å²) in [6.07, 6.45) is -1.86. The van der Waals surface area contributed by atoms with E-state index in [9.17, 15) is 26.4 Å². The van der Waals surface area contributed by atoms with Gasteiger partial charge >= 0.3 is 6.18 Å². The number of aryl methyl sites for hydroxylation is 1. The van der Waals surface area contributed by atoms with Crippen molar-refractivity contribution in [2.75, 3.05) is 11.8 Å². The molecule has 0 aliphatic carbocycles. The number of pyridine rings is 1. The Labute approximate surface area is 203 Å². The number of ketones is 1. The molecule has 4 rings (SSSR count). The number of hydrogen-bond acceptors (Lipinski definition) is 5. The summed E-state index contributed by atoms with van der Waals surface area (Å²) in [6, 6.07) is 8.54. The summed E-state index contributed by atoms with van der Waals surface area (Å²) in [5.74, 6) is -0.400. The first-order valence-electron chi connectivity index (χ1n) is 9.97. The second-order valence-corrected chi connectivity index (χ2v) is 9.65. The lowest BCUT2D eigenvalue weighted by Crippen LogP contribution is -2.18. The van der Waals surface area contributed by atoms with E-state index in [0.29, 0.717) is 22.5 Å². The summed E-state index contributed by atoms with van der Waals surface area (Å²) in [6.45, 7) is 1.62. The van der Waals surface area contributed by atoms with Crippen LogP contribution >= 0.6 is 11.6 Å². The van der Waals surface area contributed by atoms with Gasteiger partial charge in [-0.1, -0.05) is 11.6 Å². The molecule has 2 heterocycles. The van der Waals surface area contributed by atoms with Crippen LogP contribution in [-0.4, -0.2) is 31.3 Å². The van der Waals surface area contributed by atoms with Crippen LogP contribution in [0.1, 0.15) is 27.2 Å². The first-order valence-corrected chi connectivity index (χ1v) is 11.8. The fourth-order valence-electron chi connectivity index (χ4n) is 3.56. The first kappa shape index (κ1) is 24.6. The third-order valence-corrected chi connectivity index (χ3v) is 6.87. The van der Waals surface area contributed by atoms with Gasteiger partial charge in [0, 0.05) is 23.3 Å². The van der Waals surface area contributed by atoms with Gasteiger partial charge in [0.1, 0.15) is 11.4 Å². The third kappa shape index (κ3) is 4.69. The van der Waals surface area contributed by atoms with E-state index in [1.54, 1.807) is 31.3 Å². The van der Waals surface area contributed by atoms with Crippen molar-refractivity contribution in [1.29, 1.82) is 0 Å². The molecule has 0 spiro atoms. The van der Waals surface area contributed by atoms with Crippen LogP contribution < -0.4 is 9.46 Å². The van der Waals surface area contributed by atoms with E-state index in [2.05, 4.69) is 14.7 Å². The van der Waals surface area contributed by atoms with Crippen LogP contribution in [-0.2, 0) is 16.2 Å². The van der Waals surface area contributed by atoms with E-state index in [0.717, 1.165) is 12.1 Å². The molecule has 0 bridgehead atoms. The lowest BCUT2D eigenvalue weighted by atomic mass is 10.0. The number of nitrogens with zero attached hydrogens (tertiary/aromatic N) is 1. The number of rotatable bonds is 6. The van der Waals surface area contributed by atoms with Crippen molar-refractivity contribution >= 4 is 44.0 Å². The van der Waals surface area contributed by atoms with Gasteiger partial charge < -0.3 is 9.72 Å². The largest absolute Gasteiger partial charge is 0.496 e.